The van der Waals surface area contributed by atoms with Gasteiger partial charge >= 0.3 is 0 Å². The van der Waals surface area contributed by atoms with Gasteiger partial charge in [-0.15, -0.1) is 0 Å². The molecule has 0 amide bonds. The number of aliphatic hydroxyl groups excluding tert-OH is 1. The van der Waals surface area contributed by atoms with Gasteiger partial charge in [0.05, 0.1) is 18.3 Å². The van der Waals surface area contributed by atoms with Gasteiger partial charge in [-0.1, -0.05) is 6.92 Å². The lowest BCUT2D eigenvalue weighted by molar-refractivity contribution is -0.355. The Kier molecular flexibility index (Phi) is 5.00. The van der Waals surface area contributed by atoms with Crippen LogP contribution in [0.3, 0.4) is 0 Å². The highest BCUT2D eigenvalue weighted by Gasteiger charge is 2.55. The largest absolute Gasteiger partial charge is 0.393 e. The van der Waals surface area contributed by atoms with Crippen molar-refractivity contribution < 1.29 is 14.6 Å². The summed E-state index contributed by atoms with van der Waals surface area (Å²) in [6, 6.07) is 0. The molecule has 4 heteroatoms. The van der Waals surface area contributed by atoms with Crippen LogP contribution in [-0.2, 0) is 9.47 Å². The van der Waals surface area contributed by atoms with E-state index in [2.05, 4.69) is 46.6 Å². The molecule has 2 rings (SSSR count). The van der Waals surface area contributed by atoms with Crippen molar-refractivity contribution in [2.24, 2.45) is 0 Å². The zero-order valence-electron chi connectivity index (χ0n) is 15.5. The first-order valence-corrected chi connectivity index (χ1v) is 8.77. The first kappa shape index (κ1) is 18.2. The van der Waals surface area contributed by atoms with Crippen LogP contribution in [-0.4, -0.2) is 52.2 Å². The summed E-state index contributed by atoms with van der Waals surface area (Å²) in [5, 5.41) is 9.77. The van der Waals surface area contributed by atoms with Gasteiger partial charge in [-0.25, -0.2) is 0 Å². The molecule has 2 aliphatic rings. The molecule has 1 N–H and O–H groups in total. The summed E-state index contributed by atoms with van der Waals surface area (Å²) >= 11 is 0. The van der Waals surface area contributed by atoms with Crippen LogP contribution in [0, 0.1) is 0 Å². The van der Waals surface area contributed by atoms with Gasteiger partial charge in [0, 0.05) is 30.3 Å². The first-order valence-electron chi connectivity index (χ1n) is 8.77. The molecular weight excluding hydrogens is 278 g/mol. The topological polar surface area (TPSA) is 41.9 Å². The van der Waals surface area contributed by atoms with E-state index in [9.17, 15) is 5.11 Å². The van der Waals surface area contributed by atoms with Gasteiger partial charge in [0.2, 0.25) is 0 Å². The second-order valence-electron chi connectivity index (χ2n) is 8.66. The van der Waals surface area contributed by atoms with E-state index in [1.807, 2.05) is 6.92 Å². The van der Waals surface area contributed by atoms with Crippen molar-refractivity contribution in [3.05, 3.63) is 0 Å². The highest BCUT2D eigenvalue weighted by atomic mass is 16.7. The van der Waals surface area contributed by atoms with Gasteiger partial charge < -0.3 is 14.6 Å². The normalized spacial score (nSPS) is 35.5. The van der Waals surface area contributed by atoms with Gasteiger partial charge in [-0.2, -0.15) is 0 Å². The summed E-state index contributed by atoms with van der Waals surface area (Å²) < 4.78 is 12.9. The maximum absolute atomic E-state index is 9.77. The van der Waals surface area contributed by atoms with E-state index in [0.717, 1.165) is 25.7 Å². The third kappa shape index (κ3) is 3.66. The van der Waals surface area contributed by atoms with Crippen LogP contribution in [0.2, 0.25) is 0 Å². The van der Waals surface area contributed by atoms with E-state index in [-0.39, 0.29) is 29.4 Å². The van der Waals surface area contributed by atoms with Crippen molar-refractivity contribution in [3.63, 3.8) is 0 Å². The summed E-state index contributed by atoms with van der Waals surface area (Å²) in [7, 11) is 2.19. The van der Waals surface area contributed by atoms with E-state index in [0.29, 0.717) is 6.42 Å². The van der Waals surface area contributed by atoms with E-state index >= 15 is 0 Å². The molecule has 0 aromatic rings. The third-order valence-corrected chi connectivity index (χ3v) is 5.57. The first-order chi connectivity index (χ1) is 10.00. The summed E-state index contributed by atoms with van der Waals surface area (Å²) in [6.45, 7) is 13.1. The molecule has 0 bridgehead atoms. The highest BCUT2D eigenvalue weighted by molar-refractivity contribution is 5.04. The highest BCUT2D eigenvalue weighted by Crippen LogP contribution is 2.48. The van der Waals surface area contributed by atoms with Crippen molar-refractivity contribution >= 4 is 0 Å². The summed E-state index contributed by atoms with van der Waals surface area (Å²) in [5.74, 6) is -0.516. The predicted octanol–water partition coefficient (Wildman–Crippen LogP) is 3.32. The van der Waals surface area contributed by atoms with Gasteiger partial charge in [0.25, 0.3) is 0 Å². The predicted molar refractivity (Wildman–Crippen MR) is 88.8 cm³/mol. The van der Waals surface area contributed by atoms with Crippen molar-refractivity contribution in [2.45, 2.75) is 109 Å². The SMILES string of the molecule is CCC1CC(CC(C)O)OC2(CC(C)(C)N(C)C(C)(C)C2)O1. The van der Waals surface area contributed by atoms with Crippen molar-refractivity contribution in [3.8, 4) is 0 Å². The second kappa shape index (κ2) is 6.04. The molecule has 3 atom stereocenters. The Morgan fingerprint density at radius 2 is 1.59 bits per heavy atom. The molecule has 2 saturated heterocycles. The van der Waals surface area contributed by atoms with Crippen molar-refractivity contribution in [2.75, 3.05) is 7.05 Å². The Bertz CT molecular complexity index is 374. The Hall–Kier alpha value is -0.160. The second-order valence-corrected chi connectivity index (χ2v) is 8.66. The number of likely N-dealkylation sites (tertiary alicyclic amines) is 1. The minimum Gasteiger partial charge on any atom is -0.393 e. The summed E-state index contributed by atoms with van der Waals surface area (Å²) in [4.78, 5) is 2.44. The van der Waals surface area contributed by atoms with E-state index < -0.39 is 5.79 Å². The van der Waals surface area contributed by atoms with Gasteiger partial charge in [0.1, 0.15) is 0 Å². The molecule has 130 valence electrons. The number of ether oxygens (including phenoxy) is 2. The lowest BCUT2D eigenvalue weighted by atomic mass is 9.75. The van der Waals surface area contributed by atoms with E-state index in [4.69, 9.17) is 9.47 Å². The minimum absolute atomic E-state index is 0.0206. The number of hydrogen-bond acceptors (Lipinski definition) is 4. The molecule has 0 aliphatic carbocycles. The zero-order valence-corrected chi connectivity index (χ0v) is 15.5. The van der Waals surface area contributed by atoms with Gasteiger partial charge in [-0.3, -0.25) is 4.90 Å². The monoisotopic (exact) mass is 313 g/mol. The van der Waals surface area contributed by atoms with E-state index in [1.54, 1.807) is 0 Å². The fraction of sp³-hybridized carbons (Fsp3) is 1.00. The average molecular weight is 313 g/mol. The quantitative estimate of drug-likeness (QED) is 0.868. The molecule has 2 aliphatic heterocycles. The molecule has 2 heterocycles. The number of nitrogens with zero attached hydrogens (tertiary/aromatic N) is 1. The van der Waals surface area contributed by atoms with E-state index in [1.165, 1.54) is 0 Å². The third-order valence-electron chi connectivity index (χ3n) is 5.57. The molecule has 0 radical (unpaired) electrons. The van der Waals surface area contributed by atoms with Crippen LogP contribution in [0.1, 0.15) is 73.6 Å². The fourth-order valence-corrected chi connectivity index (χ4v) is 4.40. The average Bonchev–Trinajstić information content (AvgIpc) is 2.33. The molecule has 3 unspecified atom stereocenters. The summed E-state index contributed by atoms with van der Waals surface area (Å²) in [5.41, 5.74) is 0.0412. The lowest BCUT2D eigenvalue weighted by Gasteiger charge is -2.60. The minimum atomic E-state index is -0.516. The van der Waals surface area contributed by atoms with Crippen LogP contribution in [0.25, 0.3) is 0 Å². The van der Waals surface area contributed by atoms with Gasteiger partial charge in [0.15, 0.2) is 5.79 Å². The molecule has 1 spiro atoms. The molecule has 2 fully saturated rings. The van der Waals surface area contributed by atoms with Crippen molar-refractivity contribution in [1.29, 1.82) is 0 Å². The van der Waals surface area contributed by atoms with Crippen LogP contribution in [0.4, 0.5) is 0 Å². The molecule has 0 saturated carbocycles. The Morgan fingerprint density at radius 1 is 1.09 bits per heavy atom. The zero-order chi connectivity index (χ0) is 16.8. The Morgan fingerprint density at radius 3 is 2.05 bits per heavy atom. The number of rotatable bonds is 3. The van der Waals surface area contributed by atoms with Gasteiger partial charge in [-0.05, 0) is 54.5 Å². The maximum Gasteiger partial charge on any atom is 0.172 e. The number of aliphatic hydroxyl groups is 1. The lowest BCUT2D eigenvalue weighted by Crippen LogP contribution is -2.67. The van der Waals surface area contributed by atoms with Crippen LogP contribution in [0.15, 0.2) is 0 Å². The molecule has 0 aromatic heterocycles. The fourth-order valence-electron chi connectivity index (χ4n) is 4.40. The Balaban J connectivity index is 2.26. The molecule has 0 aromatic carbocycles. The van der Waals surface area contributed by atoms with Crippen LogP contribution >= 0.6 is 0 Å². The van der Waals surface area contributed by atoms with Crippen LogP contribution < -0.4 is 0 Å². The summed E-state index contributed by atoms with van der Waals surface area (Å²) in [6.07, 6.45) is 4.31. The Labute approximate surface area is 136 Å². The number of hydrogen-bond donors (Lipinski definition) is 1. The molecular formula is C18H35NO3. The smallest absolute Gasteiger partial charge is 0.172 e. The maximum atomic E-state index is 9.77. The van der Waals surface area contributed by atoms with Crippen molar-refractivity contribution in [1.82, 2.24) is 4.90 Å². The standard InChI is InChI=1S/C18H35NO3/c1-8-14-10-15(9-13(2)20)22-18(21-14)11-16(3,4)19(7)17(5,6)12-18/h13-15,20H,8-12H2,1-7H3. The molecule has 4 nitrogen and oxygen atoms in total. The number of piperidine rings is 1. The molecule has 22 heavy (non-hydrogen) atoms. The van der Waals surface area contributed by atoms with Crippen LogP contribution in [0.5, 0.6) is 0 Å².